The van der Waals surface area contributed by atoms with E-state index in [1.165, 1.54) is 5.57 Å². The van der Waals surface area contributed by atoms with Crippen molar-refractivity contribution in [2.24, 2.45) is 5.92 Å². The lowest BCUT2D eigenvalue weighted by molar-refractivity contribution is -0.120. The van der Waals surface area contributed by atoms with Gasteiger partial charge in [0.1, 0.15) is 5.78 Å². The van der Waals surface area contributed by atoms with E-state index in [-0.39, 0.29) is 5.92 Å². The van der Waals surface area contributed by atoms with E-state index in [2.05, 4.69) is 6.08 Å². The molecule has 1 saturated carbocycles. The molecule has 0 N–H and O–H groups in total. The van der Waals surface area contributed by atoms with E-state index < -0.39 is 0 Å². The first-order chi connectivity index (χ1) is 5.77. The Balaban J connectivity index is 2.27. The summed E-state index contributed by atoms with van der Waals surface area (Å²) in [5.41, 5.74) is 1.35. The minimum Gasteiger partial charge on any atom is -0.300 e. The number of hydrogen-bond acceptors (Lipinski definition) is 2. The molecule has 0 saturated heterocycles. The van der Waals surface area contributed by atoms with Gasteiger partial charge in [-0.2, -0.15) is 0 Å². The zero-order chi connectivity index (χ0) is 8.55. The van der Waals surface area contributed by atoms with Crippen molar-refractivity contribution >= 4 is 22.9 Å². The summed E-state index contributed by atoms with van der Waals surface area (Å²) in [6.45, 7) is 0. The lowest BCUT2D eigenvalue weighted by atomic mass is 9.79. The van der Waals surface area contributed by atoms with E-state index in [9.17, 15) is 4.79 Å². The second-order valence-electron chi connectivity index (χ2n) is 3.30. The van der Waals surface area contributed by atoms with Crippen LogP contribution in [0.15, 0.2) is 23.8 Å². The average Bonchev–Trinajstić information content (AvgIpc) is 2.07. The zero-order valence-corrected chi connectivity index (χ0v) is 7.56. The summed E-state index contributed by atoms with van der Waals surface area (Å²) in [6.07, 6.45) is 8.28. The summed E-state index contributed by atoms with van der Waals surface area (Å²) in [7, 11) is 0. The van der Waals surface area contributed by atoms with Crippen molar-refractivity contribution in [3.05, 3.63) is 23.8 Å². The Morgan fingerprint density at radius 3 is 3.08 bits per heavy atom. The van der Waals surface area contributed by atoms with Crippen molar-refractivity contribution in [2.75, 3.05) is 0 Å². The van der Waals surface area contributed by atoms with Crippen LogP contribution in [0.1, 0.15) is 19.3 Å². The normalized spacial score (nSPS) is 28.3. The molecular formula is C10H10OS. The number of fused-ring (bicyclic) bond motifs is 1. The monoisotopic (exact) mass is 178 g/mol. The van der Waals surface area contributed by atoms with E-state index in [0.29, 0.717) is 18.6 Å². The molecular weight excluding hydrogens is 168 g/mol. The van der Waals surface area contributed by atoms with Crippen molar-refractivity contribution in [3.63, 3.8) is 0 Å². The lowest BCUT2D eigenvalue weighted by Gasteiger charge is -2.25. The van der Waals surface area contributed by atoms with Gasteiger partial charge in [0.25, 0.3) is 0 Å². The summed E-state index contributed by atoms with van der Waals surface area (Å²) in [5, 5.41) is 0. The van der Waals surface area contributed by atoms with Crippen LogP contribution in [0.3, 0.4) is 0 Å². The first-order valence-electron chi connectivity index (χ1n) is 4.20. The van der Waals surface area contributed by atoms with Gasteiger partial charge < -0.3 is 0 Å². The van der Waals surface area contributed by atoms with E-state index in [1.807, 2.05) is 12.2 Å². The molecule has 0 spiro atoms. The maximum atomic E-state index is 11.2. The van der Waals surface area contributed by atoms with E-state index >= 15 is 0 Å². The molecule has 0 bridgehead atoms. The number of thiocarbonyl (C=S) groups is 1. The van der Waals surface area contributed by atoms with Gasteiger partial charge in [0.05, 0.1) is 0 Å². The molecule has 1 atom stereocenters. The molecule has 2 aliphatic rings. The smallest absolute Gasteiger partial charge is 0.134 e. The third-order valence-electron chi connectivity index (χ3n) is 2.49. The Morgan fingerprint density at radius 2 is 2.25 bits per heavy atom. The second kappa shape index (κ2) is 2.94. The molecule has 2 rings (SSSR count). The summed E-state index contributed by atoms with van der Waals surface area (Å²) < 4.78 is 0. The van der Waals surface area contributed by atoms with Gasteiger partial charge in [-0.3, -0.25) is 4.79 Å². The van der Waals surface area contributed by atoms with Gasteiger partial charge in [0.2, 0.25) is 0 Å². The highest BCUT2D eigenvalue weighted by Crippen LogP contribution is 2.31. The van der Waals surface area contributed by atoms with Crippen LogP contribution in [-0.4, -0.2) is 10.6 Å². The van der Waals surface area contributed by atoms with Crippen LogP contribution in [0.4, 0.5) is 0 Å². The average molecular weight is 178 g/mol. The minimum absolute atomic E-state index is 0.256. The molecule has 0 aliphatic heterocycles. The van der Waals surface area contributed by atoms with Crippen LogP contribution in [0.2, 0.25) is 0 Å². The van der Waals surface area contributed by atoms with Crippen molar-refractivity contribution in [2.45, 2.75) is 19.3 Å². The van der Waals surface area contributed by atoms with Crippen molar-refractivity contribution in [1.82, 2.24) is 0 Å². The van der Waals surface area contributed by atoms with Crippen LogP contribution >= 0.6 is 12.2 Å². The highest BCUT2D eigenvalue weighted by atomic mass is 32.1. The van der Waals surface area contributed by atoms with Crippen LogP contribution in [0.25, 0.3) is 0 Å². The zero-order valence-electron chi connectivity index (χ0n) is 6.75. The number of ketones is 1. The van der Waals surface area contributed by atoms with Gasteiger partial charge in [0.15, 0.2) is 0 Å². The molecule has 12 heavy (non-hydrogen) atoms. The van der Waals surface area contributed by atoms with Crippen molar-refractivity contribution in [1.29, 1.82) is 0 Å². The number of Topliss-reactive ketones (excluding diaryl/α,β-unsaturated/α-hetero) is 1. The van der Waals surface area contributed by atoms with E-state index in [0.717, 1.165) is 11.3 Å². The molecule has 0 radical (unpaired) electrons. The molecule has 0 heterocycles. The van der Waals surface area contributed by atoms with Crippen molar-refractivity contribution < 1.29 is 4.79 Å². The number of carbonyl (C=O) groups is 1. The summed E-state index contributed by atoms with van der Waals surface area (Å²) >= 11 is 5.18. The Morgan fingerprint density at radius 1 is 1.42 bits per heavy atom. The molecule has 0 amide bonds. The minimum atomic E-state index is 0.256. The van der Waals surface area contributed by atoms with Crippen LogP contribution in [-0.2, 0) is 4.79 Å². The molecule has 2 heteroatoms. The molecule has 0 aromatic heterocycles. The predicted molar refractivity (Wildman–Crippen MR) is 52.2 cm³/mol. The highest BCUT2D eigenvalue weighted by molar-refractivity contribution is 7.80. The third kappa shape index (κ3) is 1.27. The van der Waals surface area contributed by atoms with Crippen molar-refractivity contribution in [3.8, 4) is 0 Å². The Bertz CT molecular complexity index is 299. The summed E-state index contributed by atoms with van der Waals surface area (Å²) in [6, 6.07) is 0. The fourth-order valence-corrected chi connectivity index (χ4v) is 2.10. The number of allylic oxidation sites excluding steroid dienone is 4. The Labute approximate surface area is 77.2 Å². The summed E-state index contributed by atoms with van der Waals surface area (Å²) in [4.78, 5) is 12.1. The largest absolute Gasteiger partial charge is 0.300 e. The molecule has 1 unspecified atom stereocenters. The van der Waals surface area contributed by atoms with Gasteiger partial charge in [-0.1, -0.05) is 29.9 Å². The standard InChI is InChI=1S/C10H10OS/c11-8-5-4-7-2-1-3-10(12)9(7)6-8/h1-3,9H,4-6H2. The molecule has 2 aliphatic carbocycles. The van der Waals surface area contributed by atoms with E-state index in [4.69, 9.17) is 12.2 Å². The van der Waals surface area contributed by atoms with E-state index in [1.54, 1.807) is 0 Å². The third-order valence-corrected chi connectivity index (χ3v) is 2.91. The van der Waals surface area contributed by atoms with Crippen LogP contribution in [0, 0.1) is 5.92 Å². The first-order valence-corrected chi connectivity index (χ1v) is 4.61. The molecule has 0 aromatic carbocycles. The van der Waals surface area contributed by atoms with Gasteiger partial charge in [-0.05, 0) is 12.5 Å². The Kier molecular flexibility index (Phi) is 1.93. The SMILES string of the molecule is O=C1CCC2=CC=CC(=S)C2C1. The van der Waals surface area contributed by atoms with Gasteiger partial charge in [-0.15, -0.1) is 0 Å². The van der Waals surface area contributed by atoms with Crippen LogP contribution < -0.4 is 0 Å². The van der Waals surface area contributed by atoms with Gasteiger partial charge >= 0.3 is 0 Å². The fourth-order valence-electron chi connectivity index (χ4n) is 1.78. The maximum absolute atomic E-state index is 11.2. The maximum Gasteiger partial charge on any atom is 0.134 e. The highest BCUT2D eigenvalue weighted by Gasteiger charge is 2.26. The molecule has 1 fully saturated rings. The molecule has 0 aromatic rings. The number of carbonyl (C=O) groups excluding carboxylic acids is 1. The number of rotatable bonds is 0. The summed E-state index contributed by atoms with van der Waals surface area (Å²) in [5.74, 6) is 0.612. The molecule has 1 nitrogen and oxygen atoms in total. The van der Waals surface area contributed by atoms with Gasteiger partial charge in [-0.25, -0.2) is 0 Å². The number of hydrogen-bond donors (Lipinski definition) is 0. The quantitative estimate of drug-likeness (QED) is 0.529. The Hall–Kier alpha value is -0.760. The van der Waals surface area contributed by atoms with Crippen LogP contribution in [0.5, 0.6) is 0 Å². The molecule has 62 valence electrons. The predicted octanol–water partition coefficient (Wildman–Crippen LogP) is 2.22. The first kappa shape index (κ1) is 7.87. The topological polar surface area (TPSA) is 17.1 Å². The lowest BCUT2D eigenvalue weighted by Crippen LogP contribution is -2.24. The fraction of sp³-hybridized carbons (Fsp3) is 0.400. The van der Waals surface area contributed by atoms with Gasteiger partial charge in [0, 0.05) is 23.6 Å². The second-order valence-corrected chi connectivity index (χ2v) is 3.77.